The van der Waals surface area contributed by atoms with E-state index in [1.807, 2.05) is 42.5 Å². The van der Waals surface area contributed by atoms with Gasteiger partial charge in [0.25, 0.3) is 5.91 Å². The molecule has 0 spiro atoms. The average Bonchev–Trinajstić information content (AvgIpc) is 3.39. The van der Waals surface area contributed by atoms with Crippen molar-refractivity contribution in [3.63, 3.8) is 0 Å². The van der Waals surface area contributed by atoms with Crippen LogP contribution in [0.3, 0.4) is 0 Å². The highest BCUT2D eigenvalue weighted by atomic mass is 16.3. The fraction of sp³-hybridized carbons (Fsp3) is 0.357. The topological polar surface area (TPSA) is 74.0 Å². The number of ketones is 1. The summed E-state index contributed by atoms with van der Waals surface area (Å²) >= 11 is 0. The van der Waals surface area contributed by atoms with Crippen LogP contribution in [0.15, 0.2) is 70.3 Å². The summed E-state index contributed by atoms with van der Waals surface area (Å²) in [4.78, 5) is 30.6. The number of carbonyl (C=O) groups is 2. The molecule has 0 fully saturated rings. The highest BCUT2D eigenvalue weighted by Gasteiger charge is 2.44. The van der Waals surface area contributed by atoms with Gasteiger partial charge in [-0.1, -0.05) is 70.2 Å². The fourth-order valence-corrected chi connectivity index (χ4v) is 4.54. The molecule has 2 aromatic carbocycles. The summed E-state index contributed by atoms with van der Waals surface area (Å²) in [7, 11) is 0. The lowest BCUT2D eigenvalue weighted by molar-refractivity contribution is -0.129. The Hall–Kier alpha value is -3.38. The minimum Gasteiger partial charge on any atom is -0.503 e. The Bertz CT molecular complexity index is 1190. The number of aliphatic hydroxyl groups is 1. The zero-order valence-electron chi connectivity index (χ0n) is 20.2. The highest BCUT2D eigenvalue weighted by Crippen LogP contribution is 2.39. The molecular weight excluding hydrogens is 428 g/mol. The summed E-state index contributed by atoms with van der Waals surface area (Å²) in [6.07, 6.45) is 0. The van der Waals surface area contributed by atoms with Crippen LogP contribution in [0.5, 0.6) is 0 Å². The number of aliphatic hydroxyl groups excluding tert-OH is 1. The second-order valence-electron chi connectivity index (χ2n) is 8.99. The van der Waals surface area contributed by atoms with Crippen molar-refractivity contribution < 1.29 is 19.1 Å². The number of para-hydroxylation sites is 1. The third-order valence-electron chi connectivity index (χ3n) is 6.67. The molecule has 0 saturated heterocycles. The van der Waals surface area contributed by atoms with Crippen LogP contribution in [0.4, 0.5) is 0 Å². The predicted octanol–water partition coefficient (Wildman–Crippen LogP) is 5.48. The molecule has 0 aliphatic carbocycles. The molecule has 1 aliphatic rings. The van der Waals surface area contributed by atoms with Crippen molar-refractivity contribution in [2.24, 2.45) is 0 Å². The molecule has 3 aromatic rings. The second-order valence-corrected chi connectivity index (χ2v) is 8.99. The van der Waals surface area contributed by atoms with E-state index in [9.17, 15) is 14.7 Å². The molecule has 34 heavy (non-hydrogen) atoms. The van der Waals surface area contributed by atoms with Gasteiger partial charge in [0.1, 0.15) is 5.58 Å². The van der Waals surface area contributed by atoms with Gasteiger partial charge in [0.15, 0.2) is 11.5 Å². The molecule has 1 amide bonds. The van der Waals surface area contributed by atoms with Crippen LogP contribution >= 0.6 is 0 Å². The van der Waals surface area contributed by atoms with E-state index in [-0.39, 0.29) is 11.3 Å². The van der Waals surface area contributed by atoms with Crippen LogP contribution < -0.4 is 0 Å². The molecular formula is C28H32N2O4. The van der Waals surface area contributed by atoms with Gasteiger partial charge in [0.05, 0.1) is 11.6 Å². The zero-order chi connectivity index (χ0) is 24.4. The van der Waals surface area contributed by atoms with Crippen LogP contribution in [0, 0.1) is 0 Å². The van der Waals surface area contributed by atoms with Crippen LogP contribution in [-0.2, 0) is 4.79 Å². The van der Waals surface area contributed by atoms with E-state index in [4.69, 9.17) is 4.42 Å². The van der Waals surface area contributed by atoms with Crippen LogP contribution in [0.2, 0.25) is 0 Å². The largest absolute Gasteiger partial charge is 0.503 e. The summed E-state index contributed by atoms with van der Waals surface area (Å²) in [6.45, 7) is 11.1. The number of fused-ring (bicyclic) bond motifs is 1. The monoisotopic (exact) mass is 460 g/mol. The molecule has 0 bridgehead atoms. The van der Waals surface area contributed by atoms with Gasteiger partial charge >= 0.3 is 0 Å². The summed E-state index contributed by atoms with van der Waals surface area (Å²) in [5.41, 5.74) is 2.62. The van der Waals surface area contributed by atoms with Gasteiger partial charge < -0.3 is 19.3 Å². The molecule has 6 heteroatoms. The lowest BCUT2D eigenvalue weighted by Gasteiger charge is -2.29. The summed E-state index contributed by atoms with van der Waals surface area (Å²) in [5, 5.41) is 11.7. The van der Waals surface area contributed by atoms with E-state index < -0.39 is 23.5 Å². The van der Waals surface area contributed by atoms with E-state index >= 15 is 0 Å². The molecule has 178 valence electrons. The number of hydrogen-bond acceptors (Lipinski definition) is 5. The van der Waals surface area contributed by atoms with Crippen LogP contribution in [0.25, 0.3) is 11.0 Å². The second kappa shape index (κ2) is 9.85. The maximum absolute atomic E-state index is 13.6. The van der Waals surface area contributed by atoms with E-state index in [2.05, 4.69) is 32.6 Å². The molecule has 1 aliphatic heterocycles. The molecule has 4 rings (SSSR count). The van der Waals surface area contributed by atoms with Gasteiger partial charge in [-0.05, 0) is 42.3 Å². The van der Waals surface area contributed by atoms with E-state index in [0.717, 1.165) is 24.0 Å². The van der Waals surface area contributed by atoms with Crippen molar-refractivity contribution in [1.82, 2.24) is 9.80 Å². The van der Waals surface area contributed by atoms with E-state index in [1.165, 1.54) is 5.56 Å². The van der Waals surface area contributed by atoms with Gasteiger partial charge in [0.2, 0.25) is 5.78 Å². The maximum atomic E-state index is 13.6. The summed E-state index contributed by atoms with van der Waals surface area (Å²) in [6, 6.07) is 16.3. The molecule has 0 saturated carbocycles. The first kappa shape index (κ1) is 23.8. The SMILES string of the molecule is CCN(CC)CCN1C(=O)C(O)=C(C(=O)c2cc3ccccc3o2)[C@@H]1c1ccc(C(C)C)cc1. The molecule has 1 N–H and O–H groups in total. The minimum absolute atomic E-state index is 0.0703. The first-order chi connectivity index (χ1) is 16.3. The smallest absolute Gasteiger partial charge is 0.290 e. The number of furan rings is 1. The minimum atomic E-state index is -0.676. The van der Waals surface area contributed by atoms with Crippen molar-refractivity contribution in [3.8, 4) is 0 Å². The molecule has 2 heterocycles. The maximum Gasteiger partial charge on any atom is 0.290 e. The first-order valence-electron chi connectivity index (χ1n) is 11.9. The summed E-state index contributed by atoms with van der Waals surface area (Å²) < 4.78 is 5.80. The number of amides is 1. The van der Waals surface area contributed by atoms with Crippen molar-refractivity contribution >= 4 is 22.7 Å². The van der Waals surface area contributed by atoms with Gasteiger partial charge in [0, 0.05) is 18.5 Å². The Morgan fingerprint density at radius 1 is 1.09 bits per heavy atom. The zero-order valence-corrected chi connectivity index (χ0v) is 20.2. The Kier molecular flexibility index (Phi) is 6.89. The number of hydrogen-bond donors (Lipinski definition) is 1. The molecule has 1 aromatic heterocycles. The quantitative estimate of drug-likeness (QED) is 0.428. The Balaban J connectivity index is 1.75. The van der Waals surface area contributed by atoms with E-state index in [0.29, 0.717) is 24.6 Å². The van der Waals surface area contributed by atoms with Crippen molar-refractivity contribution in [1.29, 1.82) is 0 Å². The molecule has 1 atom stereocenters. The van der Waals surface area contributed by atoms with Crippen molar-refractivity contribution in [2.45, 2.75) is 39.7 Å². The van der Waals surface area contributed by atoms with Crippen LogP contribution in [0.1, 0.15) is 61.3 Å². The van der Waals surface area contributed by atoms with Crippen LogP contribution in [-0.4, -0.2) is 52.8 Å². The number of benzene rings is 2. The van der Waals surface area contributed by atoms with Crippen molar-refractivity contribution in [2.75, 3.05) is 26.2 Å². The third-order valence-corrected chi connectivity index (χ3v) is 6.67. The lowest BCUT2D eigenvalue weighted by atomic mass is 9.93. The average molecular weight is 461 g/mol. The Labute approximate surface area is 200 Å². The lowest BCUT2D eigenvalue weighted by Crippen LogP contribution is -2.38. The third kappa shape index (κ3) is 4.38. The molecule has 0 unspecified atom stereocenters. The Morgan fingerprint density at radius 3 is 2.38 bits per heavy atom. The Morgan fingerprint density at radius 2 is 1.76 bits per heavy atom. The van der Waals surface area contributed by atoms with Gasteiger partial charge in [-0.3, -0.25) is 9.59 Å². The van der Waals surface area contributed by atoms with Gasteiger partial charge in [-0.15, -0.1) is 0 Å². The normalized spacial score (nSPS) is 16.5. The number of carbonyl (C=O) groups excluding carboxylic acids is 2. The number of nitrogens with zero attached hydrogens (tertiary/aromatic N) is 2. The van der Waals surface area contributed by atoms with E-state index in [1.54, 1.807) is 17.0 Å². The number of Topliss-reactive ketones (excluding diaryl/α,β-unsaturated/α-hetero) is 1. The number of likely N-dealkylation sites (N-methyl/N-ethyl adjacent to an activating group) is 1. The summed E-state index contributed by atoms with van der Waals surface area (Å²) in [5.74, 6) is -1.01. The van der Waals surface area contributed by atoms with Gasteiger partial charge in [-0.2, -0.15) is 0 Å². The molecule has 6 nitrogen and oxygen atoms in total. The van der Waals surface area contributed by atoms with Gasteiger partial charge in [-0.25, -0.2) is 0 Å². The predicted molar refractivity (Wildman–Crippen MR) is 133 cm³/mol. The highest BCUT2D eigenvalue weighted by molar-refractivity contribution is 6.16. The standard InChI is InChI=1S/C28H32N2O4/c1-5-29(6-2)15-16-30-25(20-13-11-19(12-14-20)18(3)4)24(27(32)28(30)33)26(31)23-17-21-9-7-8-10-22(21)34-23/h7-14,17-18,25,32H,5-6,15-16H2,1-4H3/t25-/m0/s1. The fourth-order valence-electron chi connectivity index (χ4n) is 4.54. The first-order valence-corrected chi connectivity index (χ1v) is 11.9. The number of rotatable bonds is 9. The molecule has 0 radical (unpaired) electrons. The van der Waals surface area contributed by atoms with Crippen molar-refractivity contribution in [3.05, 3.63) is 82.8 Å².